The van der Waals surface area contributed by atoms with Gasteiger partial charge >= 0.3 is 0 Å². The summed E-state index contributed by atoms with van der Waals surface area (Å²) in [4.78, 5) is 0. The summed E-state index contributed by atoms with van der Waals surface area (Å²) in [5.74, 6) is 0.789. The molecule has 3 nitrogen and oxygen atoms in total. The number of allylic oxidation sites excluding steroid dienone is 1. The van der Waals surface area contributed by atoms with Crippen LogP contribution >= 0.6 is 0 Å². The molecular formula is C10H11NO2. The molecule has 0 fully saturated rings. The molecule has 0 aliphatic rings. The lowest BCUT2D eigenvalue weighted by Crippen LogP contribution is -1.86. The Morgan fingerprint density at radius 3 is 2.54 bits per heavy atom. The van der Waals surface area contributed by atoms with Gasteiger partial charge in [0.15, 0.2) is 0 Å². The summed E-state index contributed by atoms with van der Waals surface area (Å²) < 4.78 is 5.00. The van der Waals surface area contributed by atoms with Crippen molar-refractivity contribution in [3.63, 3.8) is 0 Å². The second-order valence-electron chi connectivity index (χ2n) is 2.50. The van der Waals surface area contributed by atoms with E-state index in [4.69, 9.17) is 9.94 Å². The number of methoxy groups -OCH3 is 1. The molecule has 0 saturated heterocycles. The van der Waals surface area contributed by atoms with Crippen LogP contribution in [0.1, 0.15) is 5.56 Å². The third kappa shape index (κ3) is 2.33. The molecule has 0 saturated carbocycles. The molecule has 13 heavy (non-hydrogen) atoms. The van der Waals surface area contributed by atoms with E-state index < -0.39 is 0 Å². The molecule has 1 N–H and O–H groups in total. The molecule has 0 atom stereocenters. The number of nitrogens with zero attached hydrogens (tertiary/aromatic N) is 1. The number of hydrogen-bond donors (Lipinski definition) is 1. The molecular weight excluding hydrogens is 166 g/mol. The van der Waals surface area contributed by atoms with Crippen LogP contribution in [0.25, 0.3) is 5.57 Å². The monoisotopic (exact) mass is 177 g/mol. The van der Waals surface area contributed by atoms with Crippen LogP contribution in [0.15, 0.2) is 36.0 Å². The van der Waals surface area contributed by atoms with E-state index in [1.165, 1.54) is 6.21 Å². The topological polar surface area (TPSA) is 41.8 Å². The van der Waals surface area contributed by atoms with Crippen molar-refractivity contribution in [1.29, 1.82) is 0 Å². The van der Waals surface area contributed by atoms with Crippen molar-refractivity contribution in [2.75, 3.05) is 7.11 Å². The smallest absolute Gasteiger partial charge is 0.118 e. The lowest BCUT2D eigenvalue weighted by molar-refractivity contribution is 0.322. The first kappa shape index (κ1) is 9.32. The molecule has 1 rings (SSSR count). The third-order valence-corrected chi connectivity index (χ3v) is 1.67. The van der Waals surface area contributed by atoms with E-state index in [0.717, 1.165) is 11.3 Å². The first-order valence-corrected chi connectivity index (χ1v) is 3.78. The molecule has 0 bridgehead atoms. The molecule has 0 heterocycles. The number of benzene rings is 1. The van der Waals surface area contributed by atoms with Gasteiger partial charge in [-0.1, -0.05) is 23.9 Å². The van der Waals surface area contributed by atoms with Crippen LogP contribution in [0.2, 0.25) is 0 Å². The van der Waals surface area contributed by atoms with Crippen molar-refractivity contribution >= 4 is 11.8 Å². The van der Waals surface area contributed by atoms with Gasteiger partial charge in [0.2, 0.25) is 0 Å². The van der Waals surface area contributed by atoms with E-state index in [1.807, 2.05) is 24.3 Å². The fraction of sp³-hybridized carbons (Fsp3) is 0.100. The van der Waals surface area contributed by atoms with E-state index in [-0.39, 0.29) is 0 Å². The van der Waals surface area contributed by atoms with Gasteiger partial charge in [0.1, 0.15) is 5.75 Å². The van der Waals surface area contributed by atoms with E-state index in [1.54, 1.807) is 7.11 Å². The maximum Gasteiger partial charge on any atom is 0.118 e. The molecule has 3 heteroatoms. The summed E-state index contributed by atoms with van der Waals surface area (Å²) in [6.07, 6.45) is 1.29. The van der Waals surface area contributed by atoms with E-state index in [9.17, 15) is 0 Å². The maximum absolute atomic E-state index is 8.28. The Kier molecular flexibility index (Phi) is 3.09. The van der Waals surface area contributed by atoms with Crippen LogP contribution < -0.4 is 4.74 Å². The summed E-state index contributed by atoms with van der Waals surface area (Å²) in [6.45, 7) is 3.72. The number of ether oxygens (including phenoxy) is 1. The molecule has 0 aliphatic carbocycles. The van der Waals surface area contributed by atoms with Gasteiger partial charge in [-0.05, 0) is 23.3 Å². The van der Waals surface area contributed by atoms with Gasteiger partial charge < -0.3 is 9.94 Å². The molecule has 1 aromatic carbocycles. The zero-order chi connectivity index (χ0) is 9.68. The van der Waals surface area contributed by atoms with E-state index >= 15 is 0 Å². The first-order valence-electron chi connectivity index (χ1n) is 3.78. The minimum absolute atomic E-state index is 0.658. The van der Waals surface area contributed by atoms with Crippen LogP contribution in [0.4, 0.5) is 0 Å². The molecule has 1 aromatic rings. The van der Waals surface area contributed by atoms with Gasteiger partial charge in [-0.15, -0.1) is 0 Å². The number of oxime groups is 1. The highest BCUT2D eigenvalue weighted by molar-refractivity contribution is 6.08. The van der Waals surface area contributed by atoms with E-state index in [0.29, 0.717) is 5.57 Å². The van der Waals surface area contributed by atoms with Crippen LogP contribution in [0.5, 0.6) is 5.75 Å². The van der Waals surface area contributed by atoms with Crippen LogP contribution in [-0.4, -0.2) is 18.5 Å². The Hall–Kier alpha value is -1.77. The number of rotatable bonds is 3. The summed E-state index contributed by atoms with van der Waals surface area (Å²) in [5.41, 5.74) is 1.56. The number of hydrogen-bond acceptors (Lipinski definition) is 3. The lowest BCUT2D eigenvalue weighted by atomic mass is 10.1. The molecule has 0 unspecified atom stereocenters. The summed E-state index contributed by atoms with van der Waals surface area (Å²) in [6, 6.07) is 7.35. The van der Waals surface area contributed by atoms with Gasteiger partial charge in [0.25, 0.3) is 0 Å². The highest BCUT2D eigenvalue weighted by Crippen LogP contribution is 2.15. The molecule has 0 radical (unpaired) electrons. The van der Waals surface area contributed by atoms with Crippen molar-refractivity contribution in [3.05, 3.63) is 36.4 Å². The fourth-order valence-corrected chi connectivity index (χ4v) is 0.949. The average Bonchev–Trinajstić information content (AvgIpc) is 2.18. The van der Waals surface area contributed by atoms with Crippen molar-refractivity contribution in [1.82, 2.24) is 0 Å². The molecule has 0 aromatic heterocycles. The minimum atomic E-state index is 0.658. The second kappa shape index (κ2) is 4.30. The second-order valence-corrected chi connectivity index (χ2v) is 2.50. The van der Waals surface area contributed by atoms with Crippen molar-refractivity contribution in [2.45, 2.75) is 0 Å². The fourth-order valence-electron chi connectivity index (χ4n) is 0.949. The van der Waals surface area contributed by atoms with Crippen LogP contribution in [0, 0.1) is 0 Å². The third-order valence-electron chi connectivity index (χ3n) is 1.67. The predicted octanol–water partition coefficient (Wildman–Crippen LogP) is 2.17. The molecule has 0 amide bonds. The maximum atomic E-state index is 8.28. The summed E-state index contributed by atoms with van der Waals surface area (Å²) >= 11 is 0. The first-order chi connectivity index (χ1) is 6.27. The molecule has 68 valence electrons. The van der Waals surface area contributed by atoms with Crippen LogP contribution in [-0.2, 0) is 0 Å². The van der Waals surface area contributed by atoms with Crippen molar-refractivity contribution < 1.29 is 9.94 Å². The zero-order valence-electron chi connectivity index (χ0n) is 7.40. The lowest BCUT2D eigenvalue weighted by Gasteiger charge is -2.01. The Balaban J connectivity index is 2.85. The van der Waals surface area contributed by atoms with Crippen LogP contribution in [0.3, 0.4) is 0 Å². The van der Waals surface area contributed by atoms with Gasteiger partial charge in [0.05, 0.1) is 13.3 Å². The zero-order valence-corrected chi connectivity index (χ0v) is 7.40. The SMILES string of the molecule is C=C(C=NO)c1ccc(OC)cc1. The largest absolute Gasteiger partial charge is 0.497 e. The van der Waals surface area contributed by atoms with E-state index in [2.05, 4.69) is 11.7 Å². The van der Waals surface area contributed by atoms with Gasteiger partial charge in [-0.2, -0.15) is 0 Å². The highest BCUT2D eigenvalue weighted by atomic mass is 16.5. The Morgan fingerprint density at radius 2 is 2.08 bits per heavy atom. The molecule has 0 aliphatic heterocycles. The summed E-state index contributed by atoms with van der Waals surface area (Å²) in [7, 11) is 1.61. The van der Waals surface area contributed by atoms with Gasteiger partial charge in [-0.25, -0.2) is 0 Å². The van der Waals surface area contributed by atoms with Gasteiger partial charge in [-0.3, -0.25) is 0 Å². The van der Waals surface area contributed by atoms with Crippen molar-refractivity contribution in [3.8, 4) is 5.75 Å². The minimum Gasteiger partial charge on any atom is -0.497 e. The van der Waals surface area contributed by atoms with Gasteiger partial charge in [0, 0.05) is 0 Å². The Morgan fingerprint density at radius 1 is 1.46 bits per heavy atom. The standard InChI is InChI=1S/C10H11NO2/c1-8(7-11-12)9-3-5-10(13-2)6-4-9/h3-7,12H,1H2,2H3. The average molecular weight is 177 g/mol. The van der Waals surface area contributed by atoms with Crippen molar-refractivity contribution in [2.24, 2.45) is 5.16 Å². The Bertz CT molecular complexity index is 314. The molecule has 0 spiro atoms. The highest BCUT2D eigenvalue weighted by Gasteiger charge is 1.96. The summed E-state index contributed by atoms with van der Waals surface area (Å²) in [5, 5.41) is 11.2. The Labute approximate surface area is 77.0 Å². The quantitative estimate of drug-likeness (QED) is 0.436. The normalized spacial score (nSPS) is 10.2. The predicted molar refractivity (Wildman–Crippen MR) is 52.3 cm³/mol.